The Labute approximate surface area is 120 Å². The van der Waals surface area contributed by atoms with Crippen LogP contribution in [-0.4, -0.2) is 20.6 Å². The summed E-state index contributed by atoms with van der Waals surface area (Å²) in [6, 6.07) is 6.06. The summed E-state index contributed by atoms with van der Waals surface area (Å²) in [4.78, 5) is 4.66. The molecule has 0 radical (unpaired) electrons. The van der Waals surface area contributed by atoms with Crippen molar-refractivity contribution in [2.75, 3.05) is 0 Å². The number of hydrogen-bond acceptors (Lipinski definition) is 2. The summed E-state index contributed by atoms with van der Waals surface area (Å²) in [7, 11) is 0. The first-order valence-electron chi connectivity index (χ1n) is 7.87. The standard InChI is InChI=1S/C17H24N2O/c1-2-5-13-7-8-16(20)14(10-13)11-15-12-19-9-4-3-6-17(19)18-15/h3-4,6,9,12-14,16,20H,2,5,7-8,10-11H2,1H3. The van der Waals surface area contributed by atoms with E-state index in [1.54, 1.807) is 0 Å². The minimum absolute atomic E-state index is 0.145. The van der Waals surface area contributed by atoms with Gasteiger partial charge in [0.2, 0.25) is 0 Å². The van der Waals surface area contributed by atoms with Gasteiger partial charge in [0.15, 0.2) is 0 Å². The Hall–Kier alpha value is -1.35. The molecule has 1 saturated carbocycles. The van der Waals surface area contributed by atoms with Gasteiger partial charge in [-0.1, -0.05) is 25.8 Å². The lowest BCUT2D eigenvalue weighted by Crippen LogP contribution is -2.30. The second kappa shape index (κ2) is 5.96. The van der Waals surface area contributed by atoms with Crippen LogP contribution in [0.2, 0.25) is 0 Å². The van der Waals surface area contributed by atoms with Crippen molar-refractivity contribution in [1.82, 2.24) is 9.38 Å². The lowest BCUT2D eigenvalue weighted by molar-refractivity contribution is 0.0459. The number of aliphatic hydroxyl groups is 1. The molecule has 108 valence electrons. The minimum Gasteiger partial charge on any atom is -0.393 e. The van der Waals surface area contributed by atoms with Crippen molar-refractivity contribution in [1.29, 1.82) is 0 Å². The Balaban J connectivity index is 1.71. The van der Waals surface area contributed by atoms with Gasteiger partial charge in [-0.3, -0.25) is 0 Å². The fraction of sp³-hybridized carbons (Fsp3) is 0.588. The van der Waals surface area contributed by atoms with Crippen LogP contribution in [0.15, 0.2) is 30.6 Å². The summed E-state index contributed by atoms with van der Waals surface area (Å²) in [5.41, 5.74) is 2.11. The van der Waals surface area contributed by atoms with E-state index < -0.39 is 0 Å². The zero-order chi connectivity index (χ0) is 13.9. The van der Waals surface area contributed by atoms with Crippen LogP contribution in [-0.2, 0) is 6.42 Å². The highest BCUT2D eigenvalue weighted by molar-refractivity contribution is 5.39. The highest BCUT2D eigenvalue weighted by atomic mass is 16.3. The van der Waals surface area contributed by atoms with Gasteiger partial charge in [-0.2, -0.15) is 0 Å². The van der Waals surface area contributed by atoms with Crippen LogP contribution < -0.4 is 0 Å². The van der Waals surface area contributed by atoms with Gasteiger partial charge in [-0.25, -0.2) is 4.98 Å². The first-order chi connectivity index (χ1) is 9.76. The minimum atomic E-state index is -0.145. The lowest BCUT2D eigenvalue weighted by Gasteiger charge is -2.33. The van der Waals surface area contributed by atoms with Crippen LogP contribution in [0.25, 0.3) is 5.65 Å². The summed E-state index contributed by atoms with van der Waals surface area (Å²) in [6.45, 7) is 2.25. The summed E-state index contributed by atoms with van der Waals surface area (Å²) >= 11 is 0. The Morgan fingerprint density at radius 3 is 3.05 bits per heavy atom. The Bertz CT molecular complexity index is 530. The van der Waals surface area contributed by atoms with Gasteiger partial charge in [0.25, 0.3) is 0 Å². The molecule has 1 fully saturated rings. The molecule has 1 aliphatic rings. The number of hydrogen-bond donors (Lipinski definition) is 1. The maximum absolute atomic E-state index is 10.3. The van der Waals surface area contributed by atoms with Crippen LogP contribution in [0.5, 0.6) is 0 Å². The lowest BCUT2D eigenvalue weighted by atomic mass is 9.76. The van der Waals surface area contributed by atoms with E-state index in [0.29, 0.717) is 5.92 Å². The molecule has 1 N–H and O–H groups in total. The molecule has 0 aromatic carbocycles. The second-order valence-electron chi connectivity index (χ2n) is 6.20. The van der Waals surface area contributed by atoms with Gasteiger partial charge in [0, 0.05) is 12.4 Å². The third kappa shape index (κ3) is 2.88. The number of aliphatic hydroxyl groups excluding tert-OH is 1. The van der Waals surface area contributed by atoms with E-state index in [1.165, 1.54) is 19.3 Å². The highest BCUT2D eigenvalue weighted by Crippen LogP contribution is 2.34. The molecule has 2 heterocycles. The summed E-state index contributed by atoms with van der Waals surface area (Å²) in [5.74, 6) is 1.18. The average Bonchev–Trinajstić information content (AvgIpc) is 2.85. The van der Waals surface area contributed by atoms with Crippen molar-refractivity contribution in [2.45, 2.75) is 51.6 Å². The molecule has 3 unspecified atom stereocenters. The molecule has 0 amide bonds. The number of fused-ring (bicyclic) bond motifs is 1. The molecule has 3 atom stereocenters. The number of pyridine rings is 1. The molecule has 2 aromatic heterocycles. The second-order valence-corrected chi connectivity index (χ2v) is 6.20. The van der Waals surface area contributed by atoms with E-state index in [9.17, 15) is 5.11 Å². The van der Waals surface area contributed by atoms with E-state index in [0.717, 1.165) is 36.5 Å². The van der Waals surface area contributed by atoms with Crippen LogP contribution >= 0.6 is 0 Å². The van der Waals surface area contributed by atoms with Crippen molar-refractivity contribution >= 4 is 5.65 Å². The molecule has 0 bridgehead atoms. The molecular weight excluding hydrogens is 248 g/mol. The van der Waals surface area contributed by atoms with Gasteiger partial charge in [-0.05, 0) is 49.7 Å². The van der Waals surface area contributed by atoms with E-state index in [1.807, 2.05) is 24.4 Å². The molecule has 0 aliphatic heterocycles. The molecule has 3 nitrogen and oxygen atoms in total. The zero-order valence-corrected chi connectivity index (χ0v) is 12.2. The maximum atomic E-state index is 10.3. The van der Waals surface area contributed by atoms with Crippen LogP contribution in [0, 0.1) is 11.8 Å². The summed E-state index contributed by atoms with van der Waals surface area (Å²) < 4.78 is 2.06. The third-order valence-electron chi connectivity index (χ3n) is 4.63. The van der Waals surface area contributed by atoms with Gasteiger partial charge in [-0.15, -0.1) is 0 Å². The molecular formula is C17H24N2O. The largest absolute Gasteiger partial charge is 0.393 e. The van der Waals surface area contributed by atoms with E-state index in [2.05, 4.69) is 22.5 Å². The number of nitrogens with zero attached hydrogens (tertiary/aromatic N) is 2. The topological polar surface area (TPSA) is 37.5 Å². The fourth-order valence-electron chi connectivity index (χ4n) is 3.59. The van der Waals surface area contributed by atoms with Gasteiger partial charge < -0.3 is 9.51 Å². The third-order valence-corrected chi connectivity index (χ3v) is 4.63. The van der Waals surface area contributed by atoms with Crippen LogP contribution in [0.1, 0.15) is 44.7 Å². The molecule has 0 spiro atoms. The quantitative estimate of drug-likeness (QED) is 0.925. The van der Waals surface area contributed by atoms with Crippen molar-refractivity contribution in [3.63, 3.8) is 0 Å². The molecule has 2 aromatic rings. The molecule has 0 saturated heterocycles. The van der Waals surface area contributed by atoms with E-state index in [-0.39, 0.29) is 6.10 Å². The van der Waals surface area contributed by atoms with Gasteiger partial charge >= 0.3 is 0 Å². The van der Waals surface area contributed by atoms with Crippen LogP contribution in [0.3, 0.4) is 0 Å². The Kier molecular flexibility index (Phi) is 4.06. The Morgan fingerprint density at radius 2 is 2.25 bits per heavy atom. The smallest absolute Gasteiger partial charge is 0.136 e. The molecule has 3 rings (SSSR count). The average molecular weight is 272 g/mol. The van der Waals surface area contributed by atoms with Crippen molar-refractivity contribution in [3.05, 3.63) is 36.3 Å². The number of imidazole rings is 1. The van der Waals surface area contributed by atoms with E-state index >= 15 is 0 Å². The van der Waals surface area contributed by atoms with Crippen molar-refractivity contribution < 1.29 is 5.11 Å². The summed E-state index contributed by atoms with van der Waals surface area (Å²) in [5, 5.41) is 10.3. The normalized spacial score (nSPS) is 27.0. The maximum Gasteiger partial charge on any atom is 0.136 e. The number of aromatic nitrogens is 2. The van der Waals surface area contributed by atoms with Gasteiger partial charge in [0.05, 0.1) is 11.8 Å². The SMILES string of the molecule is CCCC1CCC(O)C(Cc2cn3ccccc3n2)C1. The first-order valence-corrected chi connectivity index (χ1v) is 7.87. The van der Waals surface area contributed by atoms with Crippen LogP contribution in [0.4, 0.5) is 0 Å². The predicted octanol–water partition coefficient (Wildman–Crippen LogP) is 3.45. The monoisotopic (exact) mass is 272 g/mol. The molecule has 3 heteroatoms. The first kappa shape index (κ1) is 13.6. The van der Waals surface area contributed by atoms with E-state index in [4.69, 9.17) is 0 Å². The molecule has 1 aliphatic carbocycles. The number of rotatable bonds is 4. The Morgan fingerprint density at radius 1 is 1.35 bits per heavy atom. The van der Waals surface area contributed by atoms with Crippen molar-refractivity contribution in [3.8, 4) is 0 Å². The summed E-state index contributed by atoms with van der Waals surface area (Å²) in [6.07, 6.45) is 10.8. The predicted molar refractivity (Wildman–Crippen MR) is 80.6 cm³/mol. The fourth-order valence-corrected chi connectivity index (χ4v) is 3.59. The highest BCUT2D eigenvalue weighted by Gasteiger charge is 2.29. The van der Waals surface area contributed by atoms with Crippen molar-refractivity contribution in [2.24, 2.45) is 11.8 Å². The zero-order valence-electron chi connectivity index (χ0n) is 12.2. The van der Waals surface area contributed by atoms with Gasteiger partial charge in [0.1, 0.15) is 5.65 Å². The molecule has 20 heavy (non-hydrogen) atoms.